The lowest BCUT2D eigenvalue weighted by molar-refractivity contribution is -0.119. The number of carbonyl (C=O) groups excluding carboxylic acids is 1. The molecule has 168 valence electrons. The molecule has 2 heterocycles. The van der Waals surface area contributed by atoms with Crippen molar-refractivity contribution in [2.45, 2.75) is 63.1 Å². The van der Waals surface area contributed by atoms with Gasteiger partial charge >= 0.3 is 0 Å². The summed E-state index contributed by atoms with van der Waals surface area (Å²) in [6, 6.07) is 8.66. The van der Waals surface area contributed by atoms with Crippen molar-refractivity contribution in [1.29, 1.82) is 0 Å². The number of aromatic nitrogens is 3. The summed E-state index contributed by atoms with van der Waals surface area (Å²) in [4.78, 5) is 14.9. The number of morpholine rings is 1. The van der Waals surface area contributed by atoms with Gasteiger partial charge in [-0.1, -0.05) is 61.6 Å². The molecule has 2 fully saturated rings. The molecule has 2 aliphatic rings. The van der Waals surface area contributed by atoms with Crippen LogP contribution >= 0.6 is 11.8 Å². The predicted molar refractivity (Wildman–Crippen MR) is 124 cm³/mol. The summed E-state index contributed by atoms with van der Waals surface area (Å²) in [5.41, 5.74) is 2.22. The summed E-state index contributed by atoms with van der Waals surface area (Å²) in [6.45, 7) is 5.03. The van der Waals surface area contributed by atoms with Gasteiger partial charge in [-0.15, -0.1) is 10.2 Å². The van der Waals surface area contributed by atoms with E-state index in [9.17, 15) is 4.79 Å². The smallest absolute Gasteiger partial charge is 0.232 e. The molecule has 0 radical (unpaired) electrons. The van der Waals surface area contributed by atoms with Gasteiger partial charge in [0.1, 0.15) is 0 Å². The van der Waals surface area contributed by atoms with Crippen LogP contribution in [0.25, 0.3) is 5.69 Å². The van der Waals surface area contributed by atoms with Crippen LogP contribution < -0.4 is 10.2 Å². The van der Waals surface area contributed by atoms with E-state index in [2.05, 4.69) is 56.2 Å². The maximum absolute atomic E-state index is 12.7. The number of hydrogen-bond donors (Lipinski definition) is 1. The number of amides is 1. The monoisotopic (exact) mass is 443 g/mol. The van der Waals surface area contributed by atoms with Gasteiger partial charge in [-0.2, -0.15) is 0 Å². The molecule has 4 rings (SSSR count). The van der Waals surface area contributed by atoms with Crippen molar-refractivity contribution in [3.05, 3.63) is 29.8 Å². The first-order chi connectivity index (χ1) is 15.2. The first-order valence-electron chi connectivity index (χ1n) is 11.5. The van der Waals surface area contributed by atoms with Gasteiger partial charge in [0, 0.05) is 19.1 Å². The fourth-order valence-electron chi connectivity index (χ4n) is 4.24. The van der Waals surface area contributed by atoms with Gasteiger partial charge in [-0.25, -0.2) is 0 Å². The molecule has 8 heteroatoms. The molecule has 1 saturated carbocycles. The van der Waals surface area contributed by atoms with Crippen molar-refractivity contribution < 1.29 is 9.53 Å². The minimum Gasteiger partial charge on any atom is -0.378 e. The average molecular weight is 444 g/mol. The Balaban J connectivity index is 1.46. The molecule has 31 heavy (non-hydrogen) atoms. The van der Waals surface area contributed by atoms with E-state index in [1.165, 1.54) is 49.4 Å². The fourth-order valence-corrected chi connectivity index (χ4v) is 5.00. The highest BCUT2D eigenvalue weighted by molar-refractivity contribution is 7.99. The highest BCUT2D eigenvalue weighted by Crippen LogP contribution is 2.27. The second kappa shape index (κ2) is 11.0. The molecule has 0 spiro atoms. The lowest BCUT2D eigenvalue weighted by Gasteiger charge is -2.28. The zero-order chi connectivity index (χ0) is 21.5. The molecular weight excluding hydrogens is 410 g/mol. The van der Waals surface area contributed by atoms with Gasteiger partial charge in [0.15, 0.2) is 5.16 Å². The third kappa shape index (κ3) is 6.01. The summed E-state index contributed by atoms with van der Waals surface area (Å²) in [7, 11) is 0. The predicted octanol–water partition coefficient (Wildman–Crippen LogP) is 3.73. The van der Waals surface area contributed by atoms with Gasteiger partial charge < -0.3 is 15.0 Å². The van der Waals surface area contributed by atoms with Crippen LogP contribution in [0, 0.1) is 6.92 Å². The minimum absolute atomic E-state index is 0.0851. The van der Waals surface area contributed by atoms with E-state index in [1.807, 2.05) is 0 Å². The van der Waals surface area contributed by atoms with Crippen LogP contribution in [0.5, 0.6) is 0 Å². The fraction of sp³-hybridized carbons (Fsp3) is 0.609. The molecule has 1 aromatic heterocycles. The van der Waals surface area contributed by atoms with E-state index in [0.29, 0.717) is 25.0 Å². The largest absolute Gasteiger partial charge is 0.378 e. The Morgan fingerprint density at radius 3 is 2.45 bits per heavy atom. The van der Waals surface area contributed by atoms with Gasteiger partial charge in [-0.05, 0) is 31.9 Å². The lowest BCUT2D eigenvalue weighted by atomic mass is 9.97. The second-order valence-electron chi connectivity index (χ2n) is 8.45. The molecule has 1 amide bonds. The molecule has 0 bridgehead atoms. The van der Waals surface area contributed by atoms with Crippen molar-refractivity contribution in [1.82, 2.24) is 20.1 Å². The Labute approximate surface area is 188 Å². The molecular formula is C23H33N5O2S. The van der Waals surface area contributed by atoms with E-state index >= 15 is 0 Å². The first kappa shape index (κ1) is 22.1. The Bertz CT molecular complexity index is 840. The van der Waals surface area contributed by atoms with Crippen LogP contribution in [-0.2, 0) is 9.53 Å². The van der Waals surface area contributed by atoms with E-state index in [-0.39, 0.29) is 5.91 Å². The van der Waals surface area contributed by atoms with Crippen LogP contribution in [-0.4, -0.2) is 58.8 Å². The van der Waals surface area contributed by atoms with E-state index < -0.39 is 0 Å². The maximum atomic E-state index is 12.7. The van der Waals surface area contributed by atoms with Crippen LogP contribution in [0.15, 0.2) is 29.4 Å². The molecule has 1 aliphatic carbocycles. The normalized spacial score (nSPS) is 18.4. The SMILES string of the molecule is Cc1ccc(-n2c(SCC(=O)NC3CCCCCCC3)nnc2N2CCOCC2)cc1. The van der Waals surface area contributed by atoms with E-state index in [4.69, 9.17) is 4.74 Å². The summed E-state index contributed by atoms with van der Waals surface area (Å²) in [5, 5.41) is 12.9. The van der Waals surface area contributed by atoms with Crippen LogP contribution in [0.4, 0.5) is 5.95 Å². The van der Waals surface area contributed by atoms with Gasteiger partial charge in [0.25, 0.3) is 0 Å². The first-order valence-corrected chi connectivity index (χ1v) is 12.5. The van der Waals surface area contributed by atoms with Gasteiger partial charge in [-0.3, -0.25) is 9.36 Å². The average Bonchev–Trinajstić information content (AvgIpc) is 3.19. The Morgan fingerprint density at radius 1 is 1.06 bits per heavy atom. The highest BCUT2D eigenvalue weighted by atomic mass is 32.2. The van der Waals surface area contributed by atoms with Crippen LogP contribution in [0.1, 0.15) is 50.5 Å². The molecule has 2 aromatic rings. The molecule has 0 unspecified atom stereocenters. The quantitative estimate of drug-likeness (QED) is 0.686. The van der Waals surface area contributed by atoms with Crippen molar-refractivity contribution in [2.75, 3.05) is 37.0 Å². The minimum atomic E-state index is 0.0851. The van der Waals surface area contributed by atoms with Crippen molar-refractivity contribution in [3.8, 4) is 5.69 Å². The van der Waals surface area contributed by atoms with Gasteiger partial charge in [0.05, 0.1) is 24.7 Å². The topological polar surface area (TPSA) is 72.3 Å². The van der Waals surface area contributed by atoms with Gasteiger partial charge in [0.2, 0.25) is 11.9 Å². The van der Waals surface area contributed by atoms with E-state index in [0.717, 1.165) is 42.7 Å². The number of nitrogens with one attached hydrogen (secondary N) is 1. The molecule has 1 N–H and O–H groups in total. The summed E-state index contributed by atoms with van der Waals surface area (Å²) >= 11 is 1.46. The zero-order valence-electron chi connectivity index (χ0n) is 18.4. The molecule has 1 saturated heterocycles. The zero-order valence-corrected chi connectivity index (χ0v) is 19.2. The van der Waals surface area contributed by atoms with Crippen molar-refractivity contribution >= 4 is 23.6 Å². The number of hydrogen-bond acceptors (Lipinski definition) is 6. The standard InChI is InChI=1S/C23H33N5O2S/c1-18-9-11-20(12-10-18)28-22(27-13-15-30-16-14-27)25-26-23(28)31-17-21(29)24-19-7-5-3-2-4-6-8-19/h9-12,19H,2-8,13-17H2,1H3,(H,24,29). The lowest BCUT2D eigenvalue weighted by Crippen LogP contribution is -2.38. The number of carbonyl (C=O) groups is 1. The third-order valence-electron chi connectivity index (χ3n) is 6.01. The summed E-state index contributed by atoms with van der Waals surface area (Å²) in [6.07, 6.45) is 8.51. The number of anilines is 1. The maximum Gasteiger partial charge on any atom is 0.232 e. The third-order valence-corrected chi connectivity index (χ3v) is 6.93. The molecule has 1 aliphatic heterocycles. The second-order valence-corrected chi connectivity index (χ2v) is 9.39. The van der Waals surface area contributed by atoms with Crippen LogP contribution in [0.3, 0.4) is 0 Å². The number of benzene rings is 1. The summed E-state index contributed by atoms with van der Waals surface area (Å²) in [5.74, 6) is 1.25. The Morgan fingerprint density at radius 2 is 1.74 bits per heavy atom. The Hall–Kier alpha value is -2.06. The van der Waals surface area contributed by atoms with E-state index in [1.54, 1.807) is 0 Å². The summed E-state index contributed by atoms with van der Waals surface area (Å²) < 4.78 is 7.57. The van der Waals surface area contributed by atoms with Crippen molar-refractivity contribution in [2.24, 2.45) is 0 Å². The number of aryl methyl sites for hydroxylation is 1. The van der Waals surface area contributed by atoms with Crippen LogP contribution in [0.2, 0.25) is 0 Å². The molecule has 0 atom stereocenters. The molecule has 7 nitrogen and oxygen atoms in total. The Kier molecular flexibility index (Phi) is 7.86. The highest BCUT2D eigenvalue weighted by Gasteiger charge is 2.23. The number of thioether (sulfide) groups is 1. The number of rotatable bonds is 6. The number of ether oxygens (including phenoxy) is 1. The number of nitrogens with zero attached hydrogens (tertiary/aromatic N) is 4. The van der Waals surface area contributed by atoms with Crippen molar-refractivity contribution in [3.63, 3.8) is 0 Å². The molecule has 1 aromatic carbocycles.